The van der Waals surface area contributed by atoms with Crippen molar-refractivity contribution in [2.24, 2.45) is 0 Å². The Kier molecular flexibility index (Phi) is 5.47. The van der Waals surface area contributed by atoms with Gasteiger partial charge in [-0.25, -0.2) is 4.98 Å². The summed E-state index contributed by atoms with van der Waals surface area (Å²) in [5.74, 6) is 0.363. The summed E-state index contributed by atoms with van der Waals surface area (Å²) in [5.41, 5.74) is 0.947. The van der Waals surface area contributed by atoms with Crippen molar-refractivity contribution in [2.45, 2.75) is 13.0 Å². The molecule has 0 aliphatic carbocycles. The maximum absolute atomic E-state index is 12.4. The van der Waals surface area contributed by atoms with E-state index < -0.39 is 0 Å². The van der Waals surface area contributed by atoms with E-state index in [0.29, 0.717) is 15.8 Å². The van der Waals surface area contributed by atoms with Crippen LogP contribution in [0.1, 0.15) is 18.0 Å². The average Bonchev–Trinajstić information content (AvgIpc) is 3.05. The number of nitrogens with zero attached hydrogens (tertiary/aromatic N) is 2. The van der Waals surface area contributed by atoms with Crippen LogP contribution >= 0.6 is 34.5 Å². The lowest BCUT2D eigenvalue weighted by molar-refractivity contribution is -0.134. The van der Waals surface area contributed by atoms with Crippen LogP contribution in [0, 0.1) is 0 Å². The van der Waals surface area contributed by atoms with Crippen molar-refractivity contribution < 1.29 is 9.53 Å². The second kappa shape index (κ2) is 7.60. The second-order valence-corrected chi connectivity index (χ2v) is 7.44. The van der Waals surface area contributed by atoms with Crippen LogP contribution in [0.3, 0.4) is 0 Å². The first-order chi connectivity index (χ1) is 12.0. The smallest absolute Gasteiger partial charge is 0.260 e. The van der Waals surface area contributed by atoms with Gasteiger partial charge in [0, 0.05) is 13.1 Å². The SMILES string of the molecule is C[C@@H](c1nc2ccccc2s1)N(C)C(=O)COc1ccc(Cl)c(Cl)c1. The number of fused-ring (bicyclic) bond motifs is 1. The molecule has 7 heteroatoms. The summed E-state index contributed by atoms with van der Waals surface area (Å²) in [5, 5.41) is 1.73. The highest BCUT2D eigenvalue weighted by Gasteiger charge is 2.21. The third-order valence-electron chi connectivity index (χ3n) is 3.90. The molecule has 3 aromatic rings. The van der Waals surface area contributed by atoms with Gasteiger partial charge in [0.05, 0.1) is 26.3 Å². The minimum atomic E-state index is -0.141. The number of hydrogen-bond donors (Lipinski definition) is 0. The van der Waals surface area contributed by atoms with Gasteiger partial charge < -0.3 is 9.64 Å². The van der Waals surface area contributed by atoms with E-state index in [-0.39, 0.29) is 18.6 Å². The topological polar surface area (TPSA) is 42.4 Å². The molecule has 0 unspecified atom stereocenters. The molecule has 0 saturated heterocycles. The highest BCUT2D eigenvalue weighted by molar-refractivity contribution is 7.18. The molecular formula is C18H16Cl2N2O2S. The molecule has 2 aromatic carbocycles. The summed E-state index contributed by atoms with van der Waals surface area (Å²) in [6.07, 6.45) is 0. The predicted molar refractivity (Wildman–Crippen MR) is 103 cm³/mol. The number of rotatable bonds is 5. The number of hydrogen-bond acceptors (Lipinski definition) is 4. The third-order valence-corrected chi connectivity index (χ3v) is 5.84. The summed E-state index contributed by atoms with van der Waals surface area (Å²) in [6, 6.07) is 12.7. The van der Waals surface area contributed by atoms with E-state index in [2.05, 4.69) is 4.98 Å². The van der Waals surface area contributed by atoms with Gasteiger partial charge in [0.25, 0.3) is 5.91 Å². The molecule has 0 aliphatic heterocycles. The minimum Gasteiger partial charge on any atom is -0.484 e. The van der Waals surface area contributed by atoms with E-state index in [1.54, 1.807) is 41.5 Å². The zero-order chi connectivity index (χ0) is 18.0. The molecule has 0 saturated carbocycles. The monoisotopic (exact) mass is 394 g/mol. The summed E-state index contributed by atoms with van der Waals surface area (Å²) in [4.78, 5) is 18.7. The Morgan fingerprint density at radius 1 is 1.24 bits per heavy atom. The Morgan fingerprint density at radius 3 is 2.72 bits per heavy atom. The molecular weight excluding hydrogens is 379 g/mol. The molecule has 1 amide bonds. The molecule has 3 rings (SSSR count). The van der Waals surface area contributed by atoms with Crippen molar-refractivity contribution in [1.82, 2.24) is 9.88 Å². The fourth-order valence-electron chi connectivity index (χ4n) is 2.26. The maximum Gasteiger partial charge on any atom is 0.260 e. The van der Waals surface area contributed by atoms with Gasteiger partial charge >= 0.3 is 0 Å². The highest BCUT2D eigenvalue weighted by Crippen LogP contribution is 2.29. The van der Waals surface area contributed by atoms with E-state index in [1.165, 1.54) is 0 Å². The van der Waals surface area contributed by atoms with Crippen LogP contribution in [0.5, 0.6) is 5.75 Å². The van der Waals surface area contributed by atoms with Crippen LogP contribution < -0.4 is 4.74 Å². The maximum atomic E-state index is 12.4. The minimum absolute atomic E-state index is 0.0797. The van der Waals surface area contributed by atoms with Crippen LogP contribution in [0.4, 0.5) is 0 Å². The van der Waals surface area contributed by atoms with E-state index in [0.717, 1.165) is 15.2 Å². The van der Waals surface area contributed by atoms with Crippen LogP contribution in [-0.2, 0) is 4.79 Å². The molecule has 4 nitrogen and oxygen atoms in total. The standard InChI is InChI=1S/C18H16Cl2N2O2S/c1-11(18-21-15-5-3-4-6-16(15)25-18)22(2)17(23)10-24-12-7-8-13(19)14(20)9-12/h3-9,11H,10H2,1-2H3/t11-/m0/s1. The van der Waals surface area contributed by atoms with Gasteiger partial charge in [-0.1, -0.05) is 35.3 Å². The van der Waals surface area contributed by atoms with Crippen molar-refractivity contribution in [2.75, 3.05) is 13.7 Å². The lowest BCUT2D eigenvalue weighted by Gasteiger charge is -2.23. The molecule has 1 atom stereocenters. The summed E-state index contributed by atoms with van der Waals surface area (Å²) >= 11 is 13.4. The number of para-hydroxylation sites is 1. The van der Waals surface area contributed by atoms with Gasteiger partial charge in [-0.3, -0.25) is 4.79 Å². The molecule has 0 bridgehead atoms. The Bertz CT molecular complexity index is 880. The highest BCUT2D eigenvalue weighted by atomic mass is 35.5. The Morgan fingerprint density at radius 2 is 2.00 bits per heavy atom. The van der Waals surface area contributed by atoms with E-state index >= 15 is 0 Å². The van der Waals surface area contributed by atoms with Crippen molar-refractivity contribution in [1.29, 1.82) is 0 Å². The molecule has 0 fully saturated rings. The number of halogens is 2. The number of carbonyl (C=O) groups is 1. The summed E-state index contributed by atoms with van der Waals surface area (Å²) in [7, 11) is 1.75. The van der Waals surface area contributed by atoms with Crippen LogP contribution in [0.2, 0.25) is 10.0 Å². The fourth-order valence-corrected chi connectivity index (χ4v) is 3.61. The number of benzene rings is 2. The number of likely N-dealkylation sites (N-methyl/N-ethyl adjacent to an activating group) is 1. The first-order valence-corrected chi connectivity index (χ1v) is 9.22. The first-order valence-electron chi connectivity index (χ1n) is 7.64. The summed E-state index contributed by atoms with van der Waals surface area (Å²) in [6.45, 7) is 1.87. The average molecular weight is 395 g/mol. The lowest BCUT2D eigenvalue weighted by Crippen LogP contribution is -2.33. The van der Waals surface area contributed by atoms with Gasteiger partial charge in [-0.2, -0.15) is 0 Å². The molecule has 0 radical (unpaired) electrons. The van der Waals surface area contributed by atoms with E-state index in [4.69, 9.17) is 27.9 Å². The molecule has 0 spiro atoms. The van der Waals surface area contributed by atoms with Crippen molar-refractivity contribution in [3.63, 3.8) is 0 Å². The molecule has 1 aromatic heterocycles. The second-order valence-electron chi connectivity index (χ2n) is 5.57. The molecule has 130 valence electrons. The molecule has 1 heterocycles. The van der Waals surface area contributed by atoms with Gasteiger partial charge in [-0.15, -0.1) is 11.3 Å². The van der Waals surface area contributed by atoms with Crippen molar-refractivity contribution in [3.05, 3.63) is 57.5 Å². The third kappa shape index (κ3) is 4.06. The van der Waals surface area contributed by atoms with Crippen molar-refractivity contribution in [3.8, 4) is 5.75 Å². The predicted octanol–water partition coefficient (Wildman–Crippen LogP) is 5.20. The van der Waals surface area contributed by atoms with Crippen LogP contribution in [-0.4, -0.2) is 29.4 Å². The summed E-state index contributed by atoms with van der Waals surface area (Å²) < 4.78 is 6.63. The van der Waals surface area contributed by atoms with Crippen LogP contribution in [0.25, 0.3) is 10.2 Å². The molecule has 0 N–H and O–H groups in total. The largest absolute Gasteiger partial charge is 0.484 e. The number of ether oxygens (including phenoxy) is 1. The van der Waals surface area contributed by atoms with Gasteiger partial charge in [0.2, 0.25) is 0 Å². The fraction of sp³-hybridized carbons (Fsp3) is 0.222. The number of aromatic nitrogens is 1. The normalized spacial score (nSPS) is 12.2. The van der Waals surface area contributed by atoms with E-state index in [9.17, 15) is 4.79 Å². The zero-order valence-electron chi connectivity index (χ0n) is 13.7. The molecule has 0 aliphatic rings. The van der Waals surface area contributed by atoms with E-state index in [1.807, 2.05) is 31.2 Å². The van der Waals surface area contributed by atoms with Gasteiger partial charge in [0.1, 0.15) is 10.8 Å². The lowest BCUT2D eigenvalue weighted by atomic mass is 10.3. The van der Waals surface area contributed by atoms with Gasteiger partial charge in [-0.05, 0) is 31.2 Å². The Hall–Kier alpha value is -1.82. The Labute approximate surface area is 159 Å². The number of carbonyl (C=O) groups excluding carboxylic acids is 1. The Balaban J connectivity index is 1.65. The zero-order valence-corrected chi connectivity index (χ0v) is 16.0. The quantitative estimate of drug-likeness (QED) is 0.596. The first kappa shape index (κ1) is 18.0. The number of thiazole rings is 1. The van der Waals surface area contributed by atoms with Crippen LogP contribution in [0.15, 0.2) is 42.5 Å². The molecule has 25 heavy (non-hydrogen) atoms. The van der Waals surface area contributed by atoms with Crippen molar-refractivity contribution >= 4 is 50.7 Å². The number of amides is 1. The van der Waals surface area contributed by atoms with Gasteiger partial charge in [0.15, 0.2) is 6.61 Å².